The van der Waals surface area contributed by atoms with Crippen LogP contribution in [-0.4, -0.2) is 25.3 Å². The Balaban J connectivity index is 1.57. The van der Waals surface area contributed by atoms with Gasteiger partial charge in [-0.2, -0.15) is 10.2 Å². The van der Waals surface area contributed by atoms with Gasteiger partial charge in [-0.3, -0.25) is 9.59 Å². The molecule has 0 unspecified atom stereocenters. The van der Waals surface area contributed by atoms with E-state index in [9.17, 15) is 9.59 Å². The highest BCUT2D eigenvalue weighted by molar-refractivity contribution is 5.90. The fourth-order valence-corrected chi connectivity index (χ4v) is 3.08. The largest absolute Gasteiger partial charge is 0.324 e. The van der Waals surface area contributed by atoms with Crippen LogP contribution >= 0.6 is 0 Å². The fourth-order valence-electron chi connectivity index (χ4n) is 3.08. The maximum Gasteiger partial charge on any atom is 0.293 e. The van der Waals surface area contributed by atoms with Crippen LogP contribution in [0.25, 0.3) is 16.8 Å². The lowest BCUT2D eigenvalue weighted by Gasteiger charge is -2.07. The summed E-state index contributed by atoms with van der Waals surface area (Å²) in [6, 6.07) is 17.2. The molecule has 4 aromatic rings. The molecule has 7 nitrogen and oxygen atoms in total. The number of fused-ring (bicyclic) bond motifs is 1. The molecular weight excluding hydrogens is 366 g/mol. The summed E-state index contributed by atoms with van der Waals surface area (Å²) in [5.74, 6) is -0.317. The van der Waals surface area contributed by atoms with Gasteiger partial charge in [-0.25, -0.2) is 9.20 Å². The molecular formula is C22H21N5O2. The molecule has 2 aromatic carbocycles. The van der Waals surface area contributed by atoms with Gasteiger partial charge in [-0.15, -0.1) is 0 Å². The van der Waals surface area contributed by atoms with E-state index in [4.69, 9.17) is 0 Å². The minimum absolute atomic E-state index is 0.172. The minimum Gasteiger partial charge on any atom is -0.324 e. The Hall–Kier alpha value is -3.74. The van der Waals surface area contributed by atoms with Crippen LogP contribution < -0.4 is 10.9 Å². The SMILES string of the molecule is CCc1ccc(-c2cc3c(=O)n(CC(=O)Nc4ccc(C)cc4)ncn3n2)cc1. The number of hydrogen-bond donors (Lipinski definition) is 1. The molecule has 0 saturated carbocycles. The molecule has 0 aliphatic heterocycles. The first-order valence-corrected chi connectivity index (χ1v) is 9.45. The van der Waals surface area contributed by atoms with E-state index >= 15 is 0 Å². The highest BCUT2D eigenvalue weighted by Gasteiger charge is 2.12. The highest BCUT2D eigenvalue weighted by Crippen LogP contribution is 2.19. The van der Waals surface area contributed by atoms with Crippen molar-refractivity contribution in [1.82, 2.24) is 19.4 Å². The molecule has 2 heterocycles. The van der Waals surface area contributed by atoms with Crippen molar-refractivity contribution < 1.29 is 4.79 Å². The molecule has 4 rings (SSSR count). The van der Waals surface area contributed by atoms with Gasteiger partial charge in [0.2, 0.25) is 5.91 Å². The zero-order chi connectivity index (χ0) is 20.4. The van der Waals surface area contributed by atoms with Crippen molar-refractivity contribution in [2.75, 3.05) is 5.32 Å². The van der Waals surface area contributed by atoms with Crippen molar-refractivity contribution in [3.8, 4) is 11.3 Å². The fraction of sp³-hybridized carbons (Fsp3) is 0.182. The van der Waals surface area contributed by atoms with Crippen molar-refractivity contribution in [2.24, 2.45) is 0 Å². The second kappa shape index (κ2) is 7.71. The van der Waals surface area contributed by atoms with Gasteiger partial charge < -0.3 is 5.32 Å². The van der Waals surface area contributed by atoms with Gasteiger partial charge in [-0.1, -0.05) is 48.9 Å². The number of hydrogen-bond acceptors (Lipinski definition) is 4. The lowest BCUT2D eigenvalue weighted by Crippen LogP contribution is -2.30. The average Bonchev–Trinajstić information content (AvgIpc) is 3.17. The van der Waals surface area contributed by atoms with Crippen molar-refractivity contribution in [2.45, 2.75) is 26.8 Å². The number of aryl methyl sites for hydroxylation is 2. The second-order valence-corrected chi connectivity index (χ2v) is 6.92. The molecule has 0 spiro atoms. The summed E-state index contributed by atoms with van der Waals surface area (Å²) in [5.41, 5.74) is 4.64. The van der Waals surface area contributed by atoms with Crippen LogP contribution in [-0.2, 0) is 17.8 Å². The third-order valence-electron chi connectivity index (χ3n) is 4.78. The lowest BCUT2D eigenvalue weighted by atomic mass is 10.1. The van der Waals surface area contributed by atoms with Gasteiger partial charge in [0.25, 0.3) is 5.56 Å². The van der Waals surface area contributed by atoms with E-state index in [1.54, 1.807) is 6.07 Å². The van der Waals surface area contributed by atoms with Crippen molar-refractivity contribution in [1.29, 1.82) is 0 Å². The molecule has 29 heavy (non-hydrogen) atoms. The van der Waals surface area contributed by atoms with Crippen molar-refractivity contribution in [3.63, 3.8) is 0 Å². The number of anilines is 1. The van der Waals surface area contributed by atoms with Gasteiger partial charge >= 0.3 is 0 Å². The number of carbonyl (C=O) groups is 1. The van der Waals surface area contributed by atoms with Crippen LogP contribution in [0.1, 0.15) is 18.1 Å². The van der Waals surface area contributed by atoms with E-state index in [-0.39, 0.29) is 18.0 Å². The molecule has 7 heteroatoms. The first kappa shape index (κ1) is 18.6. The zero-order valence-electron chi connectivity index (χ0n) is 16.3. The summed E-state index contributed by atoms with van der Waals surface area (Å²) in [6.45, 7) is 3.90. The molecule has 0 radical (unpaired) electrons. The van der Waals surface area contributed by atoms with Crippen LogP contribution in [0, 0.1) is 6.92 Å². The lowest BCUT2D eigenvalue weighted by molar-refractivity contribution is -0.117. The van der Waals surface area contributed by atoms with Crippen molar-refractivity contribution >= 4 is 17.1 Å². The zero-order valence-corrected chi connectivity index (χ0v) is 16.3. The number of nitrogens with one attached hydrogen (secondary N) is 1. The number of carbonyl (C=O) groups excluding carboxylic acids is 1. The molecule has 0 atom stereocenters. The van der Waals surface area contributed by atoms with Gasteiger partial charge in [0.15, 0.2) is 0 Å². The molecule has 0 aliphatic rings. The van der Waals surface area contributed by atoms with Crippen LogP contribution in [0.5, 0.6) is 0 Å². The van der Waals surface area contributed by atoms with E-state index in [2.05, 4.69) is 22.4 Å². The van der Waals surface area contributed by atoms with E-state index < -0.39 is 0 Å². The Kier molecular flexibility index (Phi) is 4.95. The summed E-state index contributed by atoms with van der Waals surface area (Å²) in [4.78, 5) is 25.1. The summed E-state index contributed by atoms with van der Waals surface area (Å²) < 4.78 is 2.59. The number of benzene rings is 2. The maximum atomic E-state index is 12.8. The van der Waals surface area contributed by atoms with Crippen LogP contribution in [0.3, 0.4) is 0 Å². The summed E-state index contributed by atoms with van der Waals surface area (Å²) in [6.07, 6.45) is 2.41. The Morgan fingerprint density at radius 2 is 1.79 bits per heavy atom. The van der Waals surface area contributed by atoms with Gasteiger partial charge in [0.05, 0.1) is 5.69 Å². The quantitative estimate of drug-likeness (QED) is 0.571. The van der Waals surface area contributed by atoms with Gasteiger partial charge in [0, 0.05) is 11.3 Å². The van der Waals surface area contributed by atoms with Crippen molar-refractivity contribution in [3.05, 3.63) is 82.4 Å². The topological polar surface area (TPSA) is 81.3 Å². The monoisotopic (exact) mass is 387 g/mol. The smallest absolute Gasteiger partial charge is 0.293 e. The second-order valence-electron chi connectivity index (χ2n) is 6.92. The Morgan fingerprint density at radius 3 is 2.48 bits per heavy atom. The average molecular weight is 387 g/mol. The molecule has 146 valence electrons. The molecule has 0 fully saturated rings. The predicted molar refractivity (Wildman–Crippen MR) is 112 cm³/mol. The third-order valence-corrected chi connectivity index (χ3v) is 4.78. The molecule has 1 amide bonds. The third kappa shape index (κ3) is 3.94. The molecule has 0 aliphatic carbocycles. The highest BCUT2D eigenvalue weighted by atomic mass is 16.2. The Labute approximate surface area is 167 Å². The minimum atomic E-state index is -0.365. The van der Waals surface area contributed by atoms with Gasteiger partial charge in [-0.05, 0) is 37.1 Å². The number of aromatic nitrogens is 4. The first-order chi connectivity index (χ1) is 14.0. The van der Waals surface area contributed by atoms with E-state index in [0.29, 0.717) is 16.9 Å². The number of amides is 1. The standard InChI is InChI=1S/C22H21N5O2/c1-3-16-6-8-17(9-7-16)19-12-20-22(29)26(23-14-27(20)25-19)13-21(28)24-18-10-4-15(2)5-11-18/h4-12,14H,3,13H2,1-2H3,(H,24,28). The number of nitrogens with zero attached hydrogens (tertiary/aromatic N) is 4. The molecule has 2 aromatic heterocycles. The molecule has 1 N–H and O–H groups in total. The van der Waals surface area contributed by atoms with Crippen LogP contribution in [0.15, 0.2) is 65.7 Å². The summed E-state index contributed by atoms with van der Waals surface area (Å²) in [7, 11) is 0. The van der Waals surface area contributed by atoms with E-state index in [1.807, 2.05) is 55.5 Å². The van der Waals surface area contributed by atoms with E-state index in [1.165, 1.54) is 16.4 Å². The first-order valence-electron chi connectivity index (χ1n) is 9.45. The van der Waals surface area contributed by atoms with Gasteiger partial charge in [0.1, 0.15) is 18.4 Å². The molecule has 0 saturated heterocycles. The molecule has 0 bridgehead atoms. The Morgan fingerprint density at radius 1 is 1.07 bits per heavy atom. The van der Waals surface area contributed by atoms with Crippen LogP contribution in [0.4, 0.5) is 5.69 Å². The van der Waals surface area contributed by atoms with E-state index in [0.717, 1.165) is 22.2 Å². The normalized spacial score (nSPS) is 11.0. The summed E-state index contributed by atoms with van der Waals surface area (Å²) >= 11 is 0. The summed E-state index contributed by atoms with van der Waals surface area (Å²) in [5, 5.41) is 11.3. The predicted octanol–water partition coefficient (Wildman–Crippen LogP) is 3.07. The van der Waals surface area contributed by atoms with Crippen LogP contribution in [0.2, 0.25) is 0 Å². The maximum absolute atomic E-state index is 12.8. The Bertz CT molecular complexity index is 1220. The number of rotatable bonds is 5.